The molecule has 102 valence electrons. The average molecular weight is 263 g/mol. The molecule has 1 rings (SSSR count). The van der Waals surface area contributed by atoms with E-state index in [9.17, 15) is 4.79 Å². The molecule has 0 radical (unpaired) electrons. The van der Waals surface area contributed by atoms with Gasteiger partial charge < -0.3 is 11.1 Å². The predicted octanol–water partition coefficient (Wildman–Crippen LogP) is 2.48. The van der Waals surface area contributed by atoms with E-state index in [1.807, 2.05) is 13.8 Å². The minimum atomic E-state index is -0.355. The zero-order chi connectivity index (χ0) is 12.0. The first-order chi connectivity index (χ1) is 7.61. The number of hydrogen-bond acceptors (Lipinski definition) is 2. The van der Waals surface area contributed by atoms with Gasteiger partial charge in [-0.2, -0.15) is 0 Å². The second kappa shape index (κ2) is 8.76. The molecule has 0 heterocycles. The Kier molecular flexibility index (Phi) is 8.61. The van der Waals surface area contributed by atoms with Gasteiger partial charge in [0.05, 0.1) is 6.04 Å². The molecule has 1 fully saturated rings. The van der Waals surface area contributed by atoms with E-state index in [-0.39, 0.29) is 30.3 Å². The van der Waals surface area contributed by atoms with Crippen LogP contribution in [-0.2, 0) is 4.79 Å². The number of rotatable bonds is 5. The van der Waals surface area contributed by atoms with Crippen LogP contribution in [-0.4, -0.2) is 18.5 Å². The number of amides is 1. The molecule has 0 saturated heterocycles. The Labute approximate surface area is 111 Å². The maximum absolute atomic E-state index is 11.6. The van der Waals surface area contributed by atoms with Gasteiger partial charge in [-0.3, -0.25) is 4.79 Å². The third kappa shape index (κ3) is 6.27. The van der Waals surface area contributed by atoms with E-state index in [1.165, 1.54) is 32.1 Å². The van der Waals surface area contributed by atoms with E-state index in [1.54, 1.807) is 0 Å². The van der Waals surface area contributed by atoms with E-state index >= 15 is 0 Å². The highest BCUT2D eigenvalue weighted by Gasteiger charge is 2.17. The van der Waals surface area contributed by atoms with Gasteiger partial charge >= 0.3 is 0 Å². The second-order valence-corrected chi connectivity index (χ2v) is 5.35. The van der Waals surface area contributed by atoms with Crippen molar-refractivity contribution in [2.24, 2.45) is 17.6 Å². The summed E-state index contributed by atoms with van der Waals surface area (Å²) in [5.41, 5.74) is 5.77. The van der Waals surface area contributed by atoms with Crippen LogP contribution in [0.2, 0.25) is 0 Å². The molecule has 0 aromatic carbocycles. The van der Waals surface area contributed by atoms with Gasteiger partial charge in [-0.05, 0) is 18.3 Å². The van der Waals surface area contributed by atoms with Gasteiger partial charge in [0.15, 0.2) is 0 Å². The fourth-order valence-electron chi connectivity index (χ4n) is 2.30. The van der Waals surface area contributed by atoms with Crippen molar-refractivity contribution >= 4 is 18.3 Å². The van der Waals surface area contributed by atoms with Crippen molar-refractivity contribution in [1.82, 2.24) is 5.32 Å². The Morgan fingerprint density at radius 1 is 1.29 bits per heavy atom. The summed E-state index contributed by atoms with van der Waals surface area (Å²) in [5.74, 6) is 1.05. The summed E-state index contributed by atoms with van der Waals surface area (Å²) < 4.78 is 0. The number of nitrogens with two attached hydrogens (primary N) is 1. The van der Waals surface area contributed by atoms with Crippen LogP contribution in [0, 0.1) is 11.8 Å². The van der Waals surface area contributed by atoms with Crippen molar-refractivity contribution in [2.75, 3.05) is 6.54 Å². The van der Waals surface area contributed by atoms with Crippen molar-refractivity contribution in [2.45, 2.75) is 58.4 Å². The molecular formula is C13H27ClN2O. The number of carbonyl (C=O) groups excluding carboxylic acids is 1. The normalized spacial score (nSPS) is 18.6. The molecule has 1 unspecified atom stereocenters. The van der Waals surface area contributed by atoms with Crippen LogP contribution in [0.4, 0.5) is 0 Å². The van der Waals surface area contributed by atoms with Gasteiger partial charge in [-0.25, -0.2) is 0 Å². The molecule has 0 aliphatic heterocycles. The van der Waals surface area contributed by atoms with Gasteiger partial charge in [0.2, 0.25) is 5.91 Å². The summed E-state index contributed by atoms with van der Waals surface area (Å²) >= 11 is 0. The molecule has 1 atom stereocenters. The average Bonchev–Trinajstić information content (AvgIpc) is 2.29. The summed E-state index contributed by atoms with van der Waals surface area (Å²) in [6, 6.07) is -0.355. The van der Waals surface area contributed by atoms with Gasteiger partial charge in [0, 0.05) is 6.54 Å². The zero-order valence-corrected chi connectivity index (χ0v) is 11.9. The van der Waals surface area contributed by atoms with Crippen LogP contribution in [0.25, 0.3) is 0 Å². The van der Waals surface area contributed by atoms with E-state index in [0.717, 1.165) is 18.9 Å². The predicted molar refractivity (Wildman–Crippen MR) is 74.3 cm³/mol. The highest BCUT2D eigenvalue weighted by Crippen LogP contribution is 2.25. The van der Waals surface area contributed by atoms with Crippen molar-refractivity contribution in [3.05, 3.63) is 0 Å². The number of hydrogen-bond donors (Lipinski definition) is 2. The first-order valence-electron chi connectivity index (χ1n) is 6.64. The lowest BCUT2D eigenvalue weighted by Gasteiger charge is -2.22. The van der Waals surface area contributed by atoms with E-state index in [2.05, 4.69) is 5.32 Å². The standard InChI is InChI=1S/C13H26N2O.ClH/c1-10(2)12(14)13(16)15-9-8-11-6-4-3-5-7-11;/h10-12H,3-9,14H2,1-2H3,(H,15,16);1H. The molecule has 0 spiro atoms. The fraction of sp³-hybridized carbons (Fsp3) is 0.923. The molecule has 1 amide bonds. The largest absolute Gasteiger partial charge is 0.355 e. The Balaban J connectivity index is 0.00000256. The summed E-state index contributed by atoms with van der Waals surface area (Å²) in [7, 11) is 0. The summed E-state index contributed by atoms with van der Waals surface area (Å²) in [6.07, 6.45) is 7.92. The van der Waals surface area contributed by atoms with Gasteiger partial charge in [-0.15, -0.1) is 12.4 Å². The molecule has 0 bridgehead atoms. The van der Waals surface area contributed by atoms with E-state index in [0.29, 0.717) is 0 Å². The lowest BCUT2D eigenvalue weighted by atomic mass is 9.87. The van der Waals surface area contributed by atoms with Crippen LogP contribution in [0.15, 0.2) is 0 Å². The minimum Gasteiger partial charge on any atom is -0.355 e. The van der Waals surface area contributed by atoms with Crippen LogP contribution in [0.3, 0.4) is 0 Å². The fourth-order valence-corrected chi connectivity index (χ4v) is 2.30. The summed E-state index contributed by atoms with van der Waals surface area (Å²) in [6.45, 7) is 4.75. The summed E-state index contributed by atoms with van der Waals surface area (Å²) in [4.78, 5) is 11.6. The third-order valence-corrected chi connectivity index (χ3v) is 3.60. The Hall–Kier alpha value is -0.280. The van der Waals surface area contributed by atoms with Gasteiger partial charge in [0.1, 0.15) is 0 Å². The Morgan fingerprint density at radius 3 is 2.41 bits per heavy atom. The third-order valence-electron chi connectivity index (χ3n) is 3.60. The molecule has 3 N–H and O–H groups in total. The number of halogens is 1. The minimum absolute atomic E-state index is 0. The molecule has 0 aromatic heterocycles. The molecular weight excluding hydrogens is 236 g/mol. The highest BCUT2D eigenvalue weighted by molar-refractivity contribution is 5.85. The maximum atomic E-state index is 11.6. The first-order valence-corrected chi connectivity index (χ1v) is 6.64. The van der Waals surface area contributed by atoms with Crippen molar-refractivity contribution in [3.8, 4) is 0 Å². The molecule has 1 aliphatic rings. The topological polar surface area (TPSA) is 55.1 Å². The summed E-state index contributed by atoms with van der Waals surface area (Å²) in [5, 5.41) is 2.95. The second-order valence-electron chi connectivity index (χ2n) is 5.35. The molecule has 0 aromatic rings. The van der Waals surface area contributed by atoms with E-state index < -0.39 is 0 Å². The highest BCUT2D eigenvalue weighted by atomic mass is 35.5. The van der Waals surface area contributed by atoms with Crippen molar-refractivity contribution in [3.63, 3.8) is 0 Å². The van der Waals surface area contributed by atoms with Crippen LogP contribution in [0.5, 0.6) is 0 Å². The van der Waals surface area contributed by atoms with Crippen LogP contribution in [0.1, 0.15) is 52.4 Å². The molecule has 1 aliphatic carbocycles. The van der Waals surface area contributed by atoms with Crippen LogP contribution < -0.4 is 11.1 Å². The Morgan fingerprint density at radius 2 is 1.88 bits per heavy atom. The van der Waals surface area contributed by atoms with Gasteiger partial charge in [-0.1, -0.05) is 46.0 Å². The molecule has 1 saturated carbocycles. The van der Waals surface area contributed by atoms with E-state index in [4.69, 9.17) is 5.73 Å². The monoisotopic (exact) mass is 262 g/mol. The van der Waals surface area contributed by atoms with Crippen LogP contribution >= 0.6 is 12.4 Å². The Bertz CT molecular complexity index is 215. The van der Waals surface area contributed by atoms with Crippen molar-refractivity contribution < 1.29 is 4.79 Å². The first kappa shape index (κ1) is 16.7. The molecule has 17 heavy (non-hydrogen) atoms. The maximum Gasteiger partial charge on any atom is 0.237 e. The number of nitrogens with one attached hydrogen (secondary N) is 1. The lowest BCUT2D eigenvalue weighted by Crippen LogP contribution is -2.44. The van der Waals surface area contributed by atoms with Crippen molar-refractivity contribution in [1.29, 1.82) is 0 Å². The smallest absolute Gasteiger partial charge is 0.237 e. The lowest BCUT2D eigenvalue weighted by molar-refractivity contribution is -0.123. The van der Waals surface area contributed by atoms with Gasteiger partial charge in [0.25, 0.3) is 0 Å². The SMILES string of the molecule is CC(C)C(N)C(=O)NCCC1CCCCC1.Cl. The quantitative estimate of drug-likeness (QED) is 0.800. The molecule has 4 heteroatoms. The number of carbonyl (C=O) groups is 1. The zero-order valence-electron chi connectivity index (χ0n) is 11.1. The molecule has 3 nitrogen and oxygen atoms in total.